The van der Waals surface area contributed by atoms with Gasteiger partial charge in [-0.05, 0) is 23.8 Å². The van der Waals surface area contributed by atoms with E-state index in [0.29, 0.717) is 21.8 Å². The molecule has 0 atom stereocenters. The van der Waals surface area contributed by atoms with Crippen molar-refractivity contribution in [3.63, 3.8) is 0 Å². The molecule has 1 aromatic carbocycles. The molecule has 0 saturated carbocycles. The number of carbonyl (C=O) groups is 1. The maximum Gasteiger partial charge on any atom is 0.336 e. The van der Waals surface area contributed by atoms with E-state index in [1.807, 2.05) is 0 Å². The van der Waals surface area contributed by atoms with Gasteiger partial charge in [0.2, 0.25) is 5.95 Å². The molecule has 3 rings (SSSR count). The Kier molecular flexibility index (Phi) is 2.80. The minimum Gasteiger partial charge on any atom is -0.478 e. The zero-order valence-electron chi connectivity index (χ0n) is 10.1. The summed E-state index contributed by atoms with van der Waals surface area (Å²) >= 11 is 5.95. The van der Waals surface area contributed by atoms with Crippen LogP contribution in [0.2, 0.25) is 5.02 Å². The van der Waals surface area contributed by atoms with Crippen molar-refractivity contribution in [3.05, 3.63) is 47.1 Å². The first-order valence-corrected chi connectivity index (χ1v) is 6.07. The number of nitrogens with zero attached hydrogens (tertiary/aromatic N) is 3. The Morgan fingerprint density at radius 2 is 2.15 bits per heavy atom. The van der Waals surface area contributed by atoms with Crippen LogP contribution in [-0.4, -0.2) is 25.7 Å². The van der Waals surface area contributed by atoms with Gasteiger partial charge in [0.15, 0.2) is 5.65 Å². The topological polar surface area (TPSA) is 93.5 Å². The first-order chi connectivity index (χ1) is 9.54. The van der Waals surface area contributed by atoms with Gasteiger partial charge in [0.1, 0.15) is 0 Å². The molecule has 20 heavy (non-hydrogen) atoms. The number of aromatic carboxylic acids is 1. The van der Waals surface area contributed by atoms with Gasteiger partial charge in [-0.1, -0.05) is 23.7 Å². The van der Waals surface area contributed by atoms with Crippen LogP contribution in [0.1, 0.15) is 10.4 Å². The lowest BCUT2D eigenvalue weighted by Crippen LogP contribution is -2.02. The maximum absolute atomic E-state index is 11.4. The molecule has 2 heterocycles. The maximum atomic E-state index is 11.4. The first-order valence-electron chi connectivity index (χ1n) is 5.70. The van der Waals surface area contributed by atoms with Crippen molar-refractivity contribution < 1.29 is 9.90 Å². The van der Waals surface area contributed by atoms with Crippen molar-refractivity contribution in [2.45, 2.75) is 0 Å². The molecular weight excluding hydrogens is 280 g/mol. The van der Waals surface area contributed by atoms with Crippen molar-refractivity contribution in [1.29, 1.82) is 0 Å². The predicted octanol–water partition coefficient (Wildman–Crippen LogP) is 2.33. The van der Waals surface area contributed by atoms with Gasteiger partial charge < -0.3 is 10.8 Å². The molecular formula is C13H9ClN4O2. The van der Waals surface area contributed by atoms with E-state index >= 15 is 0 Å². The van der Waals surface area contributed by atoms with E-state index in [9.17, 15) is 9.90 Å². The number of hydrogen-bond acceptors (Lipinski definition) is 4. The number of rotatable bonds is 2. The van der Waals surface area contributed by atoms with E-state index in [4.69, 9.17) is 17.3 Å². The lowest BCUT2D eigenvalue weighted by atomic mass is 10.0. The highest BCUT2D eigenvalue weighted by Gasteiger charge is 2.15. The second-order valence-electron chi connectivity index (χ2n) is 4.19. The molecule has 7 heteroatoms. The highest BCUT2D eigenvalue weighted by atomic mass is 35.5. The Balaban J connectivity index is 2.32. The molecule has 0 unspecified atom stereocenters. The summed E-state index contributed by atoms with van der Waals surface area (Å²) in [4.78, 5) is 15.4. The minimum atomic E-state index is -1.05. The summed E-state index contributed by atoms with van der Waals surface area (Å²) in [6.45, 7) is 0. The van der Waals surface area contributed by atoms with Crippen molar-refractivity contribution in [1.82, 2.24) is 14.6 Å². The van der Waals surface area contributed by atoms with Crippen molar-refractivity contribution in [3.8, 4) is 11.1 Å². The quantitative estimate of drug-likeness (QED) is 0.755. The Labute approximate surface area is 118 Å². The highest BCUT2D eigenvalue weighted by Crippen LogP contribution is 2.27. The molecule has 0 radical (unpaired) electrons. The van der Waals surface area contributed by atoms with E-state index in [2.05, 4.69) is 10.1 Å². The average Bonchev–Trinajstić information content (AvgIpc) is 2.76. The SMILES string of the molecule is Nc1nc2cc(C(=O)O)c(-c3cccc(Cl)c3)cn2n1. The summed E-state index contributed by atoms with van der Waals surface area (Å²) < 4.78 is 1.44. The van der Waals surface area contributed by atoms with Crippen LogP contribution in [0.3, 0.4) is 0 Å². The fourth-order valence-electron chi connectivity index (χ4n) is 2.01. The van der Waals surface area contributed by atoms with E-state index in [1.165, 1.54) is 10.6 Å². The zero-order valence-corrected chi connectivity index (χ0v) is 10.9. The summed E-state index contributed by atoms with van der Waals surface area (Å²) in [6.07, 6.45) is 1.58. The van der Waals surface area contributed by atoms with E-state index in [0.717, 1.165) is 0 Å². The molecule has 0 aliphatic carbocycles. The number of pyridine rings is 1. The number of carboxylic acids is 1. The summed E-state index contributed by atoms with van der Waals surface area (Å²) in [5, 5.41) is 13.8. The van der Waals surface area contributed by atoms with Crippen LogP contribution >= 0.6 is 11.6 Å². The third kappa shape index (κ3) is 2.06. The molecule has 0 bridgehead atoms. The number of hydrogen-bond donors (Lipinski definition) is 2. The number of fused-ring (bicyclic) bond motifs is 1. The zero-order chi connectivity index (χ0) is 14.3. The molecule has 0 amide bonds. The highest BCUT2D eigenvalue weighted by molar-refractivity contribution is 6.30. The van der Waals surface area contributed by atoms with Gasteiger partial charge in [-0.25, -0.2) is 9.31 Å². The first kappa shape index (κ1) is 12.4. The Hall–Kier alpha value is -2.60. The summed E-state index contributed by atoms with van der Waals surface area (Å²) in [5.74, 6) is -0.964. The molecule has 6 nitrogen and oxygen atoms in total. The number of halogens is 1. The van der Waals surface area contributed by atoms with Crippen LogP contribution in [0.5, 0.6) is 0 Å². The molecule has 2 aromatic heterocycles. The number of anilines is 1. The monoisotopic (exact) mass is 288 g/mol. The van der Waals surface area contributed by atoms with Crippen molar-refractivity contribution in [2.24, 2.45) is 0 Å². The smallest absolute Gasteiger partial charge is 0.336 e. The third-order valence-electron chi connectivity index (χ3n) is 2.86. The number of benzene rings is 1. The van der Waals surface area contributed by atoms with Crippen LogP contribution in [0, 0.1) is 0 Å². The largest absolute Gasteiger partial charge is 0.478 e. The average molecular weight is 289 g/mol. The molecule has 0 fully saturated rings. The second kappa shape index (κ2) is 4.50. The number of nitrogen functional groups attached to an aromatic ring is 1. The summed E-state index contributed by atoms with van der Waals surface area (Å²) in [7, 11) is 0. The van der Waals surface area contributed by atoms with Gasteiger partial charge in [-0.15, -0.1) is 5.10 Å². The van der Waals surface area contributed by atoms with Crippen molar-refractivity contribution in [2.75, 3.05) is 5.73 Å². The van der Waals surface area contributed by atoms with Crippen LogP contribution < -0.4 is 5.73 Å². The third-order valence-corrected chi connectivity index (χ3v) is 3.09. The van der Waals surface area contributed by atoms with Crippen LogP contribution in [0.25, 0.3) is 16.8 Å². The van der Waals surface area contributed by atoms with Crippen LogP contribution in [0.4, 0.5) is 5.95 Å². The molecule has 3 aromatic rings. The standard InChI is InChI=1S/C13H9ClN4O2/c14-8-3-1-2-7(4-8)10-6-18-11(16-13(15)17-18)5-9(10)12(19)20/h1-6H,(H2,15,17)(H,19,20). The lowest BCUT2D eigenvalue weighted by Gasteiger charge is -2.07. The van der Waals surface area contributed by atoms with Gasteiger partial charge in [0, 0.05) is 16.8 Å². The fourth-order valence-corrected chi connectivity index (χ4v) is 2.20. The van der Waals surface area contributed by atoms with Gasteiger partial charge in [-0.3, -0.25) is 0 Å². The Morgan fingerprint density at radius 3 is 2.85 bits per heavy atom. The Bertz CT molecular complexity index is 828. The lowest BCUT2D eigenvalue weighted by molar-refractivity contribution is 0.0697. The summed E-state index contributed by atoms with van der Waals surface area (Å²) in [6, 6.07) is 8.37. The minimum absolute atomic E-state index is 0.0876. The van der Waals surface area contributed by atoms with Gasteiger partial charge in [0.25, 0.3) is 0 Å². The van der Waals surface area contributed by atoms with Crippen LogP contribution in [0.15, 0.2) is 36.5 Å². The molecule has 0 saturated heterocycles. The number of aromatic nitrogens is 3. The van der Waals surface area contributed by atoms with Gasteiger partial charge >= 0.3 is 5.97 Å². The fraction of sp³-hybridized carbons (Fsp3) is 0. The van der Waals surface area contributed by atoms with E-state index < -0.39 is 5.97 Å². The Morgan fingerprint density at radius 1 is 1.35 bits per heavy atom. The molecule has 3 N–H and O–H groups in total. The second-order valence-corrected chi connectivity index (χ2v) is 4.63. The van der Waals surface area contributed by atoms with E-state index in [-0.39, 0.29) is 11.5 Å². The van der Waals surface area contributed by atoms with Gasteiger partial charge in [-0.2, -0.15) is 4.98 Å². The van der Waals surface area contributed by atoms with E-state index in [1.54, 1.807) is 30.5 Å². The summed E-state index contributed by atoms with van der Waals surface area (Å²) in [5.41, 5.74) is 7.20. The molecule has 100 valence electrons. The number of nitrogens with two attached hydrogens (primary N) is 1. The normalized spacial score (nSPS) is 10.8. The molecule has 0 spiro atoms. The van der Waals surface area contributed by atoms with Crippen LogP contribution in [-0.2, 0) is 0 Å². The van der Waals surface area contributed by atoms with Crippen molar-refractivity contribution >= 4 is 29.2 Å². The predicted molar refractivity (Wildman–Crippen MR) is 74.8 cm³/mol. The molecule has 0 aliphatic rings. The number of carboxylic acid groups (broad SMARTS) is 1. The van der Waals surface area contributed by atoms with Gasteiger partial charge in [0.05, 0.1) is 5.56 Å². The molecule has 0 aliphatic heterocycles.